The van der Waals surface area contributed by atoms with Gasteiger partial charge in [-0.2, -0.15) is 0 Å². The molecule has 0 bridgehead atoms. The smallest absolute Gasteiger partial charge is 0.223 e. The highest BCUT2D eigenvalue weighted by Crippen LogP contribution is 2.14. The number of carbonyl (C=O) groups excluding carboxylic acids is 2. The van der Waals surface area contributed by atoms with Crippen LogP contribution in [0.3, 0.4) is 0 Å². The number of anilines is 1. The molecule has 1 saturated heterocycles. The van der Waals surface area contributed by atoms with E-state index in [0.717, 1.165) is 0 Å². The minimum absolute atomic E-state index is 0.0209. The lowest BCUT2D eigenvalue weighted by molar-refractivity contribution is -0.125. The van der Waals surface area contributed by atoms with Crippen molar-refractivity contribution in [2.24, 2.45) is 0 Å². The Labute approximate surface area is 117 Å². The summed E-state index contributed by atoms with van der Waals surface area (Å²) in [6.45, 7) is 0.801. The zero-order valence-electron chi connectivity index (χ0n) is 11.2. The third-order valence-corrected chi connectivity index (χ3v) is 3.09. The van der Waals surface area contributed by atoms with Crippen LogP contribution in [0.4, 0.5) is 5.69 Å². The molecule has 2 amide bonds. The Bertz CT molecular complexity index is 480. The Balaban J connectivity index is 1.66. The van der Waals surface area contributed by atoms with Crippen molar-refractivity contribution in [3.8, 4) is 5.75 Å². The molecule has 1 atom stereocenters. The zero-order chi connectivity index (χ0) is 14.4. The van der Waals surface area contributed by atoms with Crippen molar-refractivity contribution in [1.82, 2.24) is 10.6 Å². The van der Waals surface area contributed by atoms with Gasteiger partial charge in [-0.05, 0) is 18.6 Å². The van der Waals surface area contributed by atoms with Gasteiger partial charge in [-0.25, -0.2) is 0 Å². The average Bonchev–Trinajstić information content (AvgIpc) is 2.41. The van der Waals surface area contributed by atoms with Crippen molar-refractivity contribution < 1.29 is 14.3 Å². The first-order valence-corrected chi connectivity index (χ1v) is 6.68. The van der Waals surface area contributed by atoms with Gasteiger partial charge in [0.2, 0.25) is 11.8 Å². The summed E-state index contributed by atoms with van der Waals surface area (Å²) in [4.78, 5) is 22.7. The van der Waals surface area contributed by atoms with Crippen LogP contribution in [0.15, 0.2) is 24.3 Å². The number of hydrogen-bond acceptors (Lipinski definition) is 4. The molecule has 108 valence electrons. The lowest BCUT2D eigenvalue weighted by Gasteiger charge is -2.23. The van der Waals surface area contributed by atoms with Crippen molar-refractivity contribution >= 4 is 17.5 Å². The number of nitrogens with two attached hydrogens (primary N) is 1. The van der Waals surface area contributed by atoms with Crippen LogP contribution in [0, 0.1) is 0 Å². The van der Waals surface area contributed by atoms with Crippen molar-refractivity contribution in [2.75, 3.05) is 18.9 Å². The van der Waals surface area contributed by atoms with E-state index in [0.29, 0.717) is 37.4 Å². The van der Waals surface area contributed by atoms with Gasteiger partial charge in [-0.15, -0.1) is 0 Å². The van der Waals surface area contributed by atoms with Crippen molar-refractivity contribution in [2.45, 2.75) is 25.3 Å². The predicted octanol–water partition coefficient (Wildman–Crippen LogP) is 0.432. The van der Waals surface area contributed by atoms with Gasteiger partial charge >= 0.3 is 0 Å². The van der Waals surface area contributed by atoms with E-state index in [4.69, 9.17) is 10.5 Å². The molecular weight excluding hydrogens is 258 g/mol. The second-order valence-corrected chi connectivity index (χ2v) is 4.78. The van der Waals surface area contributed by atoms with Gasteiger partial charge in [0.05, 0.1) is 13.0 Å². The summed E-state index contributed by atoms with van der Waals surface area (Å²) < 4.78 is 5.45. The molecule has 0 aromatic heterocycles. The van der Waals surface area contributed by atoms with Crippen molar-refractivity contribution in [3.05, 3.63) is 24.3 Å². The molecule has 0 saturated carbocycles. The maximum atomic E-state index is 11.7. The van der Waals surface area contributed by atoms with Crippen molar-refractivity contribution in [3.63, 3.8) is 0 Å². The molecule has 0 spiro atoms. The Hall–Kier alpha value is -2.24. The van der Waals surface area contributed by atoms with Gasteiger partial charge in [0.1, 0.15) is 5.75 Å². The van der Waals surface area contributed by atoms with E-state index in [9.17, 15) is 9.59 Å². The molecule has 2 rings (SSSR count). The van der Waals surface area contributed by atoms with Crippen LogP contribution in [0.25, 0.3) is 0 Å². The Morgan fingerprint density at radius 2 is 2.35 bits per heavy atom. The predicted molar refractivity (Wildman–Crippen MR) is 75.1 cm³/mol. The summed E-state index contributed by atoms with van der Waals surface area (Å²) in [5, 5.41) is 5.61. The molecule has 1 aliphatic rings. The summed E-state index contributed by atoms with van der Waals surface area (Å²) >= 11 is 0. The number of hydrogen-bond donors (Lipinski definition) is 3. The maximum absolute atomic E-state index is 11.7. The van der Waals surface area contributed by atoms with Crippen LogP contribution in [0.1, 0.15) is 19.3 Å². The van der Waals surface area contributed by atoms with E-state index < -0.39 is 0 Å². The van der Waals surface area contributed by atoms with Crippen LogP contribution in [-0.4, -0.2) is 31.0 Å². The van der Waals surface area contributed by atoms with Crippen LogP contribution in [0.2, 0.25) is 0 Å². The minimum Gasteiger partial charge on any atom is -0.493 e. The SMILES string of the molecule is Nc1cccc(OCCC(=O)NC2CCC(=O)NC2)c1. The molecule has 1 aromatic rings. The third kappa shape index (κ3) is 4.46. The molecule has 20 heavy (non-hydrogen) atoms. The van der Waals surface area contributed by atoms with Crippen LogP contribution >= 0.6 is 0 Å². The van der Waals surface area contributed by atoms with Gasteiger partial charge in [0.25, 0.3) is 0 Å². The second kappa shape index (κ2) is 6.79. The highest BCUT2D eigenvalue weighted by Gasteiger charge is 2.19. The molecule has 6 nitrogen and oxygen atoms in total. The van der Waals surface area contributed by atoms with E-state index >= 15 is 0 Å². The Kier molecular flexibility index (Phi) is 4.81. The monoisotopic (exact) mass is 277 g/mol. The van der Waals surface area contributed by atoms with Gasteiger partial charge in [0, 0.05) is 30.8 Å². The number of benzene rings is 1. The van der Waals surface area contributed by atoms with Gasteiger partial charge < -0.3 is 21.1 Å². The number of nitrogen functional groups attached to an aromatic ring is 1. The quantitative estimate of drug-likeness (QED) is 0.680. The Morgan fingerprint density at radius 1 is 1.50 bits per heavy atom. The summed E-state index contributed by atoms with van der Waals surface area (Å²) in [6, 6.07) is 7.11. The maximum Gasteiger partial charge on any atom is 0.223 e. The largest absolute Gasteiger partial charge is 0.493 e. The van der Waals surface area contributed by atoms with E-state index in [1.54, 1.807) is 24.3 Å². The summed E-state index contributed by atoms with van der Waals surface area (Å²) in [7, 11) is 0. The summed E-state index contributed by atoms with van der Waals surface area (Å²) in [5.74, 6) is 0.623. The number of amides is 2. The van der Waals surface area contributed by atoms with E-state index in [-0.39, 0.29) is 24.3 Å². The fraction of sp³-hybridized carbons (Fsp3) is 0.429. The Morgan fingerprint density at radius 3 is 3.05 bits per heavy atom. The number of rotatable bonds is 5. The first kappa shape index (κ1) is 14.2. The lowest BCUT2D eigenvalue weighted by Crippen LogP contribution is -2.47. The summed E-state index contributed by atoms with van der Waals surface area (Å²) in [6.07, 6.45) is 1.43. The lowest BCUT2D eigenvalue weighted by atomic mass is 10.1. The van der Waals surface area contributed by atoms with E-state index in [1.807, 2.05) is 0 Å². The molecular formula is C14H19N3O3. The number of ether oxygens (including phenoxy) is 1. The van der Waals surface area contributed by atoms with Gasteiger partial charge in [0.15, 0.2) is 0 Å². The molecule has 0 aliphatic carbocycles. The molecule has 1 heterocycles. The highest BCUT2D eigenvalue weighted by atomic mass is 16.5. The minimum atomic E-state index is -0.0740. The highest BCUT2D eigenvalue weighted by molar-refractivity contribution is 5.79. The first-order chi connectivity index (χ1) is 9.63. The molecule has 1 aliphatic heterocycles. The molecule has 6 heteroatoms. The molecule has 1 fully saturated rings. The van der Waals surface area contributed by atoms with Gasteiger partial charge in [-0.1, -0.05) is 6.07 Å². The summed E-state index contributed by atoms with van der Waals surface area (Å²) in [5.41, 5.74) is 6.26. The first-order valence-electron chi connectivity index (χ1n) is 6.68. The standard InChI is InChI=1S/C14H19N3O3/c15-10-2-1-3-12(8-10)20-7-6-14(19)17-11-4-5-13(18)16-9-11/h1-3,8,11H,4-7,9,15H2,(H,16,18)(H,17,19). The average molecular weight is 277 g/mol. The zero-order valence-corrected chi connectivity index (χ0v) is 11.2. The van der Waals surface area contributed by atoms with E-state index in [1.165, 1.54) is 0 Å². The normalized spacial score (nSPS) is 18.2. The van der Waals surface area contributed by atoms with Gasteiger partial charge in [-0.3, -0.25) is 9.59 Å². The third-order valence-electron chi connectivity index (χ3n) is 3.09. The second-order valence-electron chi connectivity index (χ2n) is 4.78. The van der Waals surface area contributed by atoms with Crippen molar-refractivity contribution in [1.29, 1.82) is 0 Å². The van der Waals surface area contributed by atoms with E-state index in [2.05, 4.69) is 10.6 Å². The fourth-order valence-electron chi connectivity index (χ4n) is 2.02. The number of carbonyl (C=O) groups is 2. The number of piperidine rings is 1. The number of nitrogens with one attached hydrogen (secondary N) is 2. The molecule has 4 N–H and O–H groups in total. The molecule has 1 unspecified atom stereocenters. The molecule has 0 radical (unpaired) electrons. The van der Waals surface area contributed by atoms with Crippen LogP contribution < -0.4 is 21.1 Å². The topological polar surface area (TPSA) is 93.4 Å². The van der Waals surface area contributed by atoms with Crippen LogP contribution in [-0.2, 0) is 9.59 Å². The fourth-order valence-corrected chi connectivity index (χ4v) is 2.02. The molecule has 1 aromatic carbocycles. The van der Waals surface area contributed by atoms with Crippen LogP contribution in [0.5, 0.6) is 5.75 Å².